The zero-order valence-electron chi connectivity index (χ0n) is 16.3. The van der Waals surface area contributed by atoms with Crippen molar-refractivity contribution in [3.63, 3.8) is 0 Å². The smallest absolute Gasteiger partial charge is 0.335 e. The minimum absolute atomic E-state index is 0.0482. The van der Waals surface area contributed by atoms with Crippen LogP contribution in [0.4, 0.5) is 10.5 Å². The van der Waals surface area contributed by atoms with Gasteiger partial charge in [-0.3, -0.25) is 14.9 Å². The summed E-state index contributed by atoms with van der Waals surface area (Å²) in [6, 6.07) is 11.8. The van der Waals surface area contributed by atoms with Gasteiger partial charge in [0.1, 0.15) is 11.3 Å². The summed E-state index contributed by atoms with van der Waals surface area (Å²) in [7, 11) is 0. The molecule has 6 heteroatoms. The van der Waals surface area contributed by atoms with Crippen LogP contribution in [-0.2, 0) is 9.59 Å². The van der Waals surface area contributed by atoms with Crippen LogP contribution in [0, 0.1) is 13.8 Å². The van der Waals surface area contributed by atoms with Crippen LogP contribution in [0.15, 0.2) is 48.0 Å². The van der Waals surface area contributed by atoms with Gasteiger partial charge in [0.05, 0.1) is 11.8 Å². The molecule has 0 radical (unpaired) electrons. The molecule has 1 N–H and O–H groups in total. The first kappa shape index (κ1) is 19.4. The molecule has 2 aromatic carbocycles. The molecule has 3 rings (SSSR count). The number of imide groups is 2. The summed E-state index contributed by atoms with van der Waals surface area (Å²) in [6.45, 7) is 7.54. The molecule has 0 atom stereocenters. The third-order valence-electron chi connectivity index (χ3n) is 4.27. The van der Waals surface area contributed by atoms with Gasteiger partial charge in [0.2, 0.25) is 0 Å². The van der Waals surface area contributed by atoms with Gasteiger partial charge in [-0.25, -0.2) is 9.69 Å². The fourth-order valence-electron chi connectivity index (χ4n) is 2.92. The molecule has 0 aliphatic carbocycles. The van der Waals surface area contributed by atoms with E-state index in [2.05, 4.69) is 5.32 Å². The van der Waals surface area contributed by atoms with Crippen molar-refractivity contribution in [1.82, 2.24) is 5.32 Å². The summed E-state index contributed by atoms with van der Waals surface area (Å²) in [5.74, 6) is -0.659. The number of carbonyl (C=O) groups is 3. The fraction of sp³-hybridized carbons (Fsp3) is 0.227. The van der Waals surface area contributed by atoms with E-state index in [0.717, 1.165) is 16.0 Å². The average molecular weight is 378 g/mol. The van der Waals surface area contributed by atoms with Crippen LogP contribution in [0.5, 0.6) is 5.75 Å². The molecular weight excluding hydrogens is 356 g/mol. The molecule has 4 amide bonds. The maximum absolute atomic E-state index is 13.0. The van der Waals surface area contributed by atoms with E-state index in [1.165, 1.54) is 6.08 Å². The third-order valence-corrected chi connectivity index (χ3v) is 4.27. The van der Waals surface area contributed by atoms with Crippen molar-refractivity contribution >= 4 is 29.6 Å². The molecule has 1 aliphatic heterocycles. The highest BCUT2D eigenvalue weighted by molar-refractivity contribution is 6.39. The summed E-state index contributed by atoms with van der Waals surface area (Å²) in [6.07, 6.45) is 1.52. The van der Waals surface area contributed by atoms with E-state index < -0.39 is 17.8 Å². The van der Waals surface area contributed by atoms with Crippen molar-refractivity contribution in [2.24, 2.45) is 0 Å². The summed E-state index contributed by atoms with van der Waals surface area (Å²) in [4.78, 5) is 38.6. The van der Waals surface area contributed by atoms with Crippen LogP contribution in [0.3, 0.4) is 0 Å². The van der Waals surface area contributed by atoms with Gasteiger partial charge in [0, 0.05) is 0 Å². The molecule has 0 saturated carbocycles. The lowest BCUT2D eigenvalue weighted by Crippen LogP contribution is -2.54. The SMILES string of the molecule is Cc1ccc(C)c(N2C(=O)NC(=O)/C(=C\c3ccc(OC(C)C)cc3)C2=O)c1. The molecule has 1 fully saturated rings. The van der Waals surface area contributed by atoms with Crippen LogP contribution in [0.2, 0.25) is 0 Å². The van der Waals surface area contributed by atoms with Crippen LogP contribution in [-0.4, -0.2) is 23.9 Å². The highest BCUT2D eigenvalue weighted by atomic mass is 16.5. The second kappa shape index (κ2) is 7.68. The molecule has 1 heterocycles. The van der Waals surface area contributed by atoms with Gasteiger partial charge in [-0.15, -0.1) is 0 Å². The zero-order valence-corrected chi connectivity index (χ0v) is 16.3. The number of hydrogen-bond acceptors (Lipinski definition) is 4. The molecule has 0 unspecified atom stereocenters. The quantitative estimate of drug-likeness (QED) is 0.649. The number of rotatable bonds is 4. The summed E-state index contributed by atoms with van der Waals surface area (Å²) >= 11 is 0. The number of anilines is 1. The molecule has 0 bridgehead atoms. The first-order valence-electron chi connectivity index (χ1n) is 9.01. The summed E-state index contributed by atoms with van der Waals surface area (Å²) < 4.78 is 5.59. The summed E-state index contributed by atoms with van der Waals surface area (Å²) in [5.41, 5.74) is 2.69. The van der Waals surface area contributed by atoms with Crippen molar-refractivity contribution in [1.29, 1.82) is 0 Å². The Labute approximate surface area is 163 Å². The Morgan fingerprint density at radius 2 is 1.68 bits per heavy atom. The van der Waals surface area contributed by atoms with Gasteiger partial charge >= 0.3 is 6.03 Å². The van der Waals surface area contributed by atoms with Crippen molar-refractivity contribution < 1.29 is 19.1 Å². The number of hydrogen-bond donors (Lipinski definition) is 1. The van der Waals surface area contributed by atoms with E-state index in [1.54, 1.807) is 30.3 Å². The number of benzene rings is 2. The van der Waals surface area contributed by atoms with Gasteiger partial charge in [-0.2, -0.15) is 0 Å². The topological polar surface area (TPSA) is 75.7 Å². The number of urea groups is 1. The van der Waals surface area contributed by atoms with Crippen molar-refractivity contribution in [2.45, 2.75) is 33.8 Å². The number of nitrogens with one attached hydrogen (secondary N) is 1. The van der Waals surface area contributed by atoms with E-state index in [0.29, 0.717) is 17.0 Å². The first-order chi connectivity index (χ1) is 13.3. The maximum atomic E-state index is 13.0. The Morgan fingerprint density at radius 1 is 1.00 bits per heavy atom. The molecule has 28 heavy (non-hydrogen) atoms. The number of aryl methyl sites for hydroxylation is 2. The van der Waals surface area contributed by atoms with E-state index in [-0.39, 0.29) is 11.7 Å². The van der Waals surface area contributed by atoms with Crippen LogP contribution in [0.25, 0.3) is 6.08 Å². The minimum Gasteiger partial charge on any atom is -0.491 e. The summed E-state index contributed by atoms with van der Waals surface area (Å²) in [5, 5.41) is 2.25. The van der Waals surface area contributed by atoms with Crippen molar-refractivity contribution in [2.75, 3.05) is 4.90 Å². The first-order valence-corrected chi connectivity index (χ1v) is 9.01. The monoisotopic (exact) mass is 378 g/mol. The highest BCUT2D eigenvalue weighted by Crippen LogP contribution is 2.26. The number of ether oxygens (including phenoxy) is 1. The van der Waals surface area contributed by atoms with Crippen molar-refractivity contribution in [3.05, 3.63) is 64.7 Å². The Bertz CT molecular complexity index is 975. The van der Waals surface area contributed by atoms with Gasteiger partial charge in [-0.05, 0) is 68.7 Å². The van der Waals surface area contributed by atoms with Crippen molar-refractivity contribution in [3.8, 4) is 5.75 Å². The van der Waals surface area contributed by atoms with E-state index in [1.807, 2.05) is 39.8 Å². The van der Waals surface area contributed by atoms with Gasteiger partial charge in [0.25, 0.3) is 11.8 Å². The predicted molar refractivity (Wildman–Crippen MR) is 107 cm³/mol. The fourth-order valence-corrected chi connectivity index (χ4v) is 2.92. The molecule has 6 nitrogen and oxygen atoms in total. The minimum atomic E-state index is -0.749. The molecule has 0 spiro atoms. The average Bonchev–Trinajstić information content (AvgIpc) is 2.62. The Balaban J connectivity index is 1.95. The Morgan fingerprint density at radius 3 is 2.32 bits per heavy atom. The lowest BCUT2D eigenvalue weighted by Gasteiger charge is -2.27. The lowest BCUT2D eigenvalue weighted by atomic mass is 10.0. The number of amides is 4. The molecule has 0 aromatic heterocycles. The van der Waals surface area contributed by atoms with E-state index in [9.17, 15) is 14.4 Å². The number of barbiturate groups is 1. The van der Waals surface area contributed by atoms with Crippen LogP contribution < -0.4 is 15.0 Å². The maximum Gasteiger partial charge on any atom is 0.335 e. The zero-order chi connectivity index (χ0) is 20.4. The van der Waals surface area contributed by atoms with E-state index in [4.69, 9.17) is 4.74 Å². The molecule has 2 aromatic rings. The number of carbonyl (C=O) groups excluding carboxylic acids is 3. The van der Waals surface area contributed by atoms with Crippen LogP contribution >= 0.6 is 0 Å². The largest absolute Gasteiger partial charge is 0.491 e. The lowest BCUT2D eigenvalue weighted by molar-refractivity contribution is -0.122. The second-order valence-corrected chi connectivity index (χ2v) is 6.98. The van der Waals surface area contributed by atoms with Gasteiger partial charge in [0.15, 0.2) is 0 Å². The molecule has 1 saturated heterocycles. The van der Waals surface area contributed by atoms with Gasteiger partial charge < -0.3 is 4.74 Å². The molecular formula is C22H22N2O4. The third kappa shape index (κ3) is 3.96. The second-order valence-electron chi connectivity index (χ2n) is 6.98. The van der Waals surface area contributed by atoms with E-state index >= 15 is 0 Å². The molecule has 144 valence electrons. The number of nitrogens with zero attached hydrogens (tertiary/aromatic N) is 1. The normalized spacial score (nSPS) is 16.0. The Kier molecular flexibility index (Phi) is 5.31. The standard InChI is InChI=1S/C22H22N2O4/c1-13(2)28-17-9-7-16(8-10-17)12-18-20(25)23-22(27)24(21(18)26)19-11-14(3)5-6-15(19)4/h5-13H,1-4H3,(H,23,25,27)/b18-12+. The Hall–Kier alpha value is -3.41. The molecule has 1 aliphatic rings. The van der Waals surface area contributed by atoms with Crippen LogP contribution in [0.1, 0.15) is 30.5 Å². The van der Waals surface area contributed by atoms with Gasteiger partial charge in [-0.1, -0.05) is 24.3 Å². The highest BCUT2D eigenvalue weighted by Gasteiger charge is 2.37. The predicted octanol–water partition coefficient (Wildman–Crippen LogP) is 3.76.